The number of amides is 2. The summed E-state index contributed by atoms with van der Waals surface area (Å²) in [6, 6.07) is 21.2. The van der Waals surface area contributed by atoms with E-state index in [9.17, 15) is 14.4 Å². The van der Waals surface area contributed by atoms with E-state index in [0.717, 1.165) is 0 Å². The van der Waals surface area contributed by atoms with Gasteiger partial charge in [0, 0.05) is 24.7 Å². The molecule has 3 aromatic carbocycles. The summed E-state index contributed by atoms with van der Waals surface area (Å²) in [5.41, 5.74) is 1.07. The summed E-state index contributed by atoms with van der Waals surface area (Å²) >= 11 is 0. The molecule has 36 heavy (non-hydrogen) atoms. The second-order valence-electron chi connectivity index (χ2n) is 8.04. The number of nitrogens with one attached hydrogen (secondary N) is 1. The maximum Gasteiger partial charge on any atom is 0.311 e. The van der Waals surface area contributed by atoms with E-state index in [1.165, 1.54) is 19.1 Å². The van der Waals surface area contributed by atoms with Crippen molar-refractivity contribution in [1.82, 2.24) is 0 Å². The third-order valence-electron chi connectivity index (χ3n) is 5.60. The van der Waals surface area contributed by atoms with Crippen LogP contribution in [-0.4, -0.2) is 45.2 Å². The Bertz CT molecular complexity index is 1230. The number of carbonyl (C=O) groups is 3. The zero-order valence-electron chi connectivity index (χ0n) is 19.9. The summed E-state index contributed by atoms with van der Waals surface area (Å²) in [5.74, 6) is 0.344. The molecule has 186 valence electrons. The molecule has 1 N–H and O–H groups in total. The van der Waals surface area contributed by atoms with Crippen molar-refractivity contribution in [3.8, 4) is 23.0 Å². The Balaban J connectivity index is 1.27. The van der Waals surface area contributed by atoms with E-state index in [2.05, 4.69) is 5.32 Å². The minimum Gasteiger partial charge on any atom is -0.497 e. The van der Waals surface area contributed by atoms with Gasteiger partial charge in [0.15, 0.2) is 6.61 Å². The standard InChI is InChI=1S/C27H26N2O7/c1-33-22-12-13-23(24(15-22)34-2)29-16-18(14-26(29)31)27(32)35-17-25(30)28-19-8-10-21(11-9-19)36-20-6-4-3-5-7-20/h3-13,15,18H,14,16-17H2,1-2H3,(H,28,30)/t18-/m0/s1. The highest BCUT2D eigenvalue weighted by atomic mass is 16.5. The van der Waals surface area contributed by atoms with Gasteiger partial charge < -0.3 is 29.2 Å². The molecular weight excluding hydrogens is 464 g/mol. The number of anilines is 2. The van der Waals surface area contributed by atoms with Gasteiger partial charge in [-0.2, -0.15) is 0 Å². The minimum atomic E-state index is -0.688. The molecule has 1 fully saturated rings. The molecule has 4 rings (SSSR count). The average Bonchev–Trinajstić information content (AvgIpc) is 3.30. The third kappa shape index (κ3) is 5.93. The molecule has 1 heterocycles. The zero-order valence-corrected chi connectivity index (χ0v) is 19.9. The number of methoxy groups -OCH3 is 2. The molecule has 9 heteroatoms. The molecule has 1 aliphatic rings. The van der Waals surface area contributed by atoms with Crippen LogP contribution in [0.25, 0.3) is 0 Å². The molecule has 0 aromatic heterocycles. The maximum atomic E-state index is 12.6. The van der Waals surface area contributed by atoms with E-state index >= 15 is 0 Å². The van der Waals surface area contributed by atoms with E-state index in [-0.39, 0.29) is 18.9 Å². The van der Waals surface area contributed by atoms with Crippen LogP contribution in [0.3, 0.4) is 0 Å². The lowest BCUT2D eigenvalue weighted by Gasteiger charge is -2.20. The number of hydrogen-bond donors (Lipinski definition) is 1. The van der Waals surface area contributed by atoms with Gasteiger partial charge in [0.05, 0.1) is 25.8 Å². The van der Waals surface area contributed by atoms with Crippen LogP contribution in [0.5, 0.6) is 23.0 Å². The van der Waals surface area contributed by atoms with E-state index < -0.39 is 24.4 Å². The van der Waals surface area contributed by atoms with Crippen LogP contribution >= 0.6 is 0 Å². The number of rotatable bonds is 9. The third-order valence-corrected chi connectivity index (χ3v) is 5.60. The molecule has 1 saturated heterocycles. The SMILES string of the molecule is COc1ccc(N2C[C@@H](C(=O)OCC(=O)Nc3ccc(Oc4ccccc4)cc3)CC2=O)c(OC)c1. The van der Waals surface area contributed by atoms with Crippen LogP contribution in [0.15, 0.2) is 72.8 Å². The molecular formula is C27H26N2O7. The smallest absolute Gasteiger partial charge is 0.311 e. The molecule has 9 nitrogen and oxygen atoms in total. The molecule has 0 unspecified atom stereocenters. The fraction of sp³-hybridized carbons (Fsp3) is 0.222. The first-order valence-corrected chi connectivity index (χ1v) is 11.3. The van der Waals surface area contributed by atoms with Gasteiger partial charge in [-0.25, -0.2) is 0 Å². The average molecular weight is 491 g/mol. The Morgan fingerprint density at radius 3 is 2.31 bits per heavy atom. The number of para-hydroxylation sites is 1. The summed E-state index contributed by atoms with van der Waals surface area (Å²) in [7, 11) is 3.03. The molecule has 2 amide bonds. The van der Waals surface area contributed by atoms with Crippen molar-refractivity contribution in [2.24, 2.45) is 5.92 Å². The lowest BCUT2D eigenvalue weighted by molar-refractivity contribution is -0.151. The predicted molar refractivity (Wildman–Crippen MR) is 133 cm³/mol. The minimum absolute atomic E-state index is 0.0154. The summed E-state index contributed by atoms with van der Waals surface area (Å²) < 4.78 is 21.5. The summed E-state index contributed by atoms with van der Waals surface area (Å²) in [5, 5.41) is 2.67. The number of carbonyl (C=O) groups excluding carboxylic acids is 3. The molecule has 0 saturated carbocycles. The number of benzene rings is 3. The Kier molecular flexibility index (Phi) is 7.69. The molecule has 3 aromatic rings. The number of esters is 1. The number of ether oxygens (including phenoxy) is 4. The zero-order chi connectivity index (χ0) is 25.5. The van der Waals surface area contributed by atoms with Crippen molar-refractivity contribution < 1.29 is 33.3 Å². The lowest BCUT2D eigenvalue weighted by atomic mass is 10.1. The van der Waals surface area contributed by atoms with Crippen LogP contribution in [0.4, 0.5) is 11.4 Å². The quantitative estimate of drug-likeness (QED) is 0.452. The van der Waals surface area contributed by atoms with Gasteiger partial charge in [-0.1, -0.05) is 18.2 Å². The largest absolute Gasteiger partial charge is 0.497 e. The molecule has 1 aliphatic heterocycles. The van der Waals surface area contributed by atoms with Crippen molar-refractivity contribution in [1.29, 1.82) is 0 Å². The molecule has 0 bridgehead atoms. The second-order valence-corrected chi connectivity index (χ2v) is 8.04. The van der Waals surface area contributed by atoms with E-state index in [4.69, 9.17) is 18.9 Å². The van der Waals surface area contributed by atoms with Crippen molar-refractivity contribution >= 4 is 29.2 Å². The summed E-state index contributed by atoms with van der Waals surface area (Å²) in [6.07, 6.45) is -0.0154. The van der Waals surface area contributed by atoms with Gasteiger partial charge in [-0.3, -0.25) is 14.4 Å². The van der Waals surface area contributed by atoms with Gasteiger partial charge in [0.25, 0.3) is 5.91 Å². The summed E-state index contributed by atoms with van der Waals surface area (Å²) in [6.45, 7) is -0.331. The first-order chi connectivity index (χ1) is 17.5. The van der Waals surface area contributed by atoms with Crippen LogP contribution in [-0.2, 0) is 19.1 Å². The van der Waals surface area contributed by atoms with Crippen molar-refractivity contribution in [3.63, 3.8) is 0 Å². The normalized spacial score (nSPS) is 14.8. The summed E-state index contributed by atoms with van der Waals surface area (Å²) in [4.78, 5) is 38.9. The maximum absolute atomic E-state index is 12.6. The van der Waals surface area contributed by atoms with E-state index in [1.807, 2.05) is 30.3 Å². The molecule has 1 atom stereocenters. The van der Waals surface area contributed by atoms with Gasteiger partial charge in [-0.05, 0) is 48.5 Å². The number of nitrogens with zero attached hydrogens (tertiary/aromatic N) is 1. The molecule has 0 spiro atoms. The van der Waals surface area contributed by atoms with Crippen molar-refractivity contribution in [2.75, 3.05) is 37.6 Å². The highest BCUT2D eigenvalue weighted by Crippen LogP contribution is 2.36. The Hall–Kier alpha value is -4.53. The highest BCUT2D eigenvalue weighted by Gasteiger charge is 2.37. The van der Waals surface area contributed by atoms with Gasteiger partial charge in [-0.15, -0.1) is 0 Å². The molecule has 0 aliphatic carbocycles. The number of hydrogen-bond acceptors (Lipinski definition) is 7. The fourth-order valence-electron chi connectivity index (χ4n) is 3.79. The highest BCUT2D eigenvalue weighted by molar-refractivity contribution is 6.01. The first kappa shape index (κ1) is 24.6. The van der Waals surface area contributed by atoms with Crippen LogP contribution in [0.1, 0.15) is 6.42 Å². The topological polar surface area (TPSA) is 103 Å². The lowest BCUT2D eigenvalue weighted by Crippen LogP contribution is -2.28. The van der Waals surface area contributed by atoms with Crippen molar-refractivity contribution in [2.45, 2.75) is 6.42 Å². The van der Waals surface area contributed by atoms with Crippen LogP contribution in [0, 0.1) is 5.92 Å². The Morgan fingerprint density at radius 2 is 1.61 bits per heavy atom. The van der Waals surface area contributed by atoms with Gasteiger partial charge in [0.1, 0.15) is 23.0 Å². The first-order valence-electron chi connectivity index (χ1n) is 11.3. The molecule has 0 radical (unpaired) electrons. The Morgan fingerprint density at radius 1 is 0.917 bits per heavy atom. The fourth-order valence-corrected chi connectivity index (χ4v) is 3.79. The van der Waals surface area contributed by atoms with Gasteiger partial charge in [0.2, 0.25) is 5.91 Å². The second kappa shape index (κ2) is 11.3. The van der Waals surface area contributed by atoms with E-state index in [1.54, 1.807) is 42.5 Å². The predicted octanol–water partition coefficient (Wildman–Crippen LogP) is 4.03. The van der Waals surface area contributed by atoms with Crippen molar-refractivity contribution in [3.05, 3.63) is 72.8 Å². The van der Waals surface area contributed by atoms with Crippen LogP contribution in [0.2, 0.25) is 0 Å². The van der Waals surface area contributed by atoms with E-state index in [0.29, 0.717) is 34.4 Å². The van der Waals surface area contributed by atoms with Gasteiger partial charge >= 0.3 is 5.97 Å². The monoisotopic (exact) mass is 490 g/mol. The Labute approximate surface area is 208 Å². The van der Waals surface area contributed by atoms with Crippen LogP contribution < -0.4 is 24.4 Å².